The third-order valence-corrected chi connectivity index (χ3v) is 6.16. The molecule has 186 valence electrons. The van der Waals surface area contributed by atoms with E-state index in [1.807, 2.05) is 37.3 Å². The van der Waals surface area contributed by atoms with Crippen molar-refractivity contribution >= 4 is 17.4 Å². The Bertz CT molecular complexity index is 1270. The summed E-state index contributed by atoms with van der Waals surface area (Å²) in [6.45, 7) is 2.90. The zero-order chi connectivity index (χ0) is 25.7. The predicted molar refractivity (Wildman–Crippen MR) is 134 cm³/mol. The Morgan fingerprint density at radius 2 is 1.75 bits per heavy atom. The number of likely N-dealkylation sites (tertiary alicyclic amines) is 1. The standard InChI is InChI=1S/C29H28FNO5/c1-19-17-22(11-14-24(19)36-18-20-7-4-3-5-8-20)27(32)25-26(21-9-12-23(30)13-10-21)31(15-6-16-35-2)29(34)28(25)33/h3-5,7-14,17,26,32H,6,15-16,18H2,1-2H3/b27-25-. The number of nitrogens with zero attached hydrogens (tertiary/aromatic N) is 1. The number of hydrogen-bond acceptors (Lipinski definition) is 5. The topological polar surface area (TPSA) is 76.1 Å². The Hall–Kier alpha value is -3.97. The van der Waals surface area contributed by atoms with Crippen molar-refractivity contribution in [1.82, 2.24) is 4.90 Å². The van der Waals surface area contributed by atoms with Crippen molar-refractivity contribution in [3.05, 3.63) is 106 Å². The van der Waals surface area contributed by atoms with E-state index in [0.29, 0.717) is 36.5 Å². The molecular formula is C29H28FNO5. The number of amides is 1. The minimum atomic E-state index is -0.836. The van der Waals surface area contributed by atoms with Crippen LogP contribution in [0, 0.1) is 12.7 Å². The molecule has 0 spiro atoms. The number of carbonyl (C=O) groups is 2. The largest absolute Gasteiger partial charge is 0.507 e. The van der Waals surface area contributed by atoms with Crippen molar-refractivity contribution in [3.63, 3.8) is 0 Å². The summed E-state index contributed by atoms with van der Waals surface area (Å²) in [6, 6.07) is 19.6. The average molecular weight is 490 g/mol. The second-order valence-electron chi connectivity index (χ2n) is 8.64. The van der Waals surface area contributed by atoms with E-state index in [-0.39, 0.29) is 17.9 Å². The molecule has 3 aromatic rings. The number of halogens is 1. The van der Waals surface area contributed by atoms with Crippen LogP contribution in [0.1, 0.15) is 34.7 Å². The number of rotatable bonds is 9. The smallest absolute Gasteiger partial charge is 0.295 e. The maximum Gasteiger partial charge on any atom is 0.295 e. The summed E-state index contributed by atoms with van der Waals surface area (Å²) in [5, 5.41) is 11.2. The molecule has 0 saturated carbocycles. The van der Waals surface area contributed by atoms with Gasteiger partial charge >= 0.3 is 0 Å². The first-order valence-corrected chi connectivity index (χ1v) is 11.7. The molecule has 1 amide bonds. The highest BCUT2D eigenvalue weighted by Crippen LogP contribution is 2.40. The molecule has 1 fully saturated rings. The second-order valence-corrected chi connectivity index (χ2v) is 8.64. The lowest BCUT2D eigenvalue weighted by Gasteiger charge is -2.25. The summed E-state index contributed by atoms with van der Waals surface area (Å²) in [7, 11) is 1.56. The van der Waals surface area contributed by atoms with Crippen LogP contribution in [0.2, 0.25) is 0 Å². The first-order chi connectivity index (χ1) is 17.4. The zero-order valence-corrected chi connectivity index (χ0v) is 20.2. The van der Waals surface area contributed by atoms with Gasteiger partial charge in [0.2, 0.25) is 0 Å². The van der Waals surface area contributed by atoms with E-state index in [2.05, 4.69) is 0 Å². The lowest BCUT2D eigenvalue weighted by atomic mass is 9.94. The molecule has 1 N–H and O–H groups in total. The quantitative estimate of drug-likeness (QED) is 0.194. The maximum absolute atomic E-state index is 13.6. The van der Waals surface area contributed by atoms with Crippen LogP contribution in [0.25, 0.3) is 5.76 Å². The van der Waals surface area contributed by atoms with Gasteiger partial charge in [-0.1, -0.05) is 42.5 Å². The Kier molecular flexibility index (Phi) is 7.80. The first-order valence-electron chi connectivity index (χ1n) is 11.7. The fourth-order valence-electron chi connectivity index (χ4n) is 4.33. The minimum Gasteiger partial charge on any atom is -0.507 e. The number of carbonyl (C=O) groups excluding carboxylic acids is 2. The Morgan fingerprint density at radius 3 is 2.42 bits per heavy atom. The predicted octanol–water partition coefficient (Wildman–Crippen LogP) is 5.17. The number of ether oxygens (including phenoxy) is 2. The van der Waals surface area contributed by atoms with Gasteiger partial charge in [0.25, 0.3) is 11.7 Å². The summed E-state index contributed by atoms with van der Waals surface area (Å²) in [4.78, 5) is 27.4. The molecule has 7 heteroatoms. The molecule has 1 aliphatic rings. The summed E-state index contributed by atoms with van der Waals surface area (Å²) in [6.07, 6.45) is 0.508. The number of ketones is 1. The molecule has 0 aliphatic carbocycles. The number of Topliss-reactive ketones (excluding diaryl/α,β-unsaturated/α-hetero) is 1. The van der Waals surface area contributed by atoms with Crippen molar-refractivity contribution < 1.29 is 28.6 Å². The third-order valence-electron chi connectivity index (χ3n) is 6.16. The van der Waals surface area contributed by atoms with Gasteiger partial charge in [-0.3, -0.25) is 9.59 Å². The van der Waals surface area contributed by atoms with E-state index >= 15 is 0 Å². The van der Waals surface area contributed by atoms with Crippen molar-refractivity contribution in [3.8, 4) is 5.75 Å². The number of aliphatic hydroxyl groups excluding tert-OH is 1. The molecule has 1 atom stereocenters. The summed E-state index contributed by atoms with van der Waals surface area (Å²) >= 11 is 0. The molecule has 1 heterocycles. The SMILES string of the molecule is COCCCN1C(=O)C(=O)/C(=C(\O)c2ccc(OCc3ccccc3)c(C)c2)C1c1ccc(F)cc1. The van der Waals surface area contributed by atoms with Crippen molar-refractivity contribution in [2.45, 2.75) is 26.0 Å². The molecule has 3 aromatic carbocycles. The van der Waals surface area contributed by atoms with Crippen molar-refractivity contribution in [2.24, 2.45) is 0 Å². The molecule has 0 radical (unpaired) electrons. The van der Waals surface area contributed by atoms with Crippen LogP contribution < -0.4 is 4.74 Å². The molecule has 1 aliphatic heterocycles. The molecule has 4 rings (SSSR count). The van der Waals surface area contributed by atoms with E-state index in [1.165, 1.54) is 29.2 Å². The van der Waals surface area contributed by atoms with E-state index in [0.717, 1.165) is 11.1 Å². The van der Waals surface area contributed by atoms with Crippen LogP contribution in [0.5, 0.6) is 5.75 Å². The van der Waals surface area contributed by atoms with Gasteiger partial charge in [0, 0.05) is 25.8 Å². The number of methoxy groups -OCH3 is 1. The van der Waals surface area contributed by atoms with Gasteiger partial charge < -0.3 is 19.5 Å². The molecule has 36 heavy (non-hydrogen) atoms. The van der Waals surface area contributed by atoms with Gasteiger partial charge in [0.1, 0.15) is 23.9 Å². The van der Waals surface area contributed by atoms with Crippen LogP contribution in [0.15, 0.2) is 78.4 Å². The van der Waals surface area contributed by atoms with Crippen LogP contribution >= 0.6 is 0 Å². The summed E-state index contributed by atoms with van der Waals surface area (Å²) in [5.41, 5.74) is 2.69. The normalized spacial score (nSPS) is 17.0. The van der Waals surface area contributed by atoms with Crippen LogP contribution in [0.3, 0.4) is 0 Å². The lowest BCUT2D eigenvalue weighted by molar-refractivity contribution is -0.140. The highest BCUT2D eigenvalue weighted by atomic mass is 19.1. The van der Waals surface area contributed by atoms with Crippen molar-refractivity contribution in [2.75, 3.05) is 20.3 Å². The molecule has 0 bridgehead atoms. The monoisotopic (exact) mass is 489 g/mol. The highest BCUT2D eigenvalue weighted by Gasteiger charge is 2.45. The Morgan fingerprint density at radius 1 is 1.03 bits per heavy atom. The number of aliphatic hydroxyl groups is 1. The Labute approximate surface area is 209 Å². The number of aryl methyl sites for hydroxylation is 1. The van der Waals surface area contributed by atoms with Crippen LogP contribution in [0.4, 0.5) is 4.39 Å². The summed E-state index contributed by atoms with van der Waals surface area (Å²) in [5.74, 6) is -1.56. The van der Waals surface area contributed by atoms with Crippen molar-refractivity contribution in [1.29, 1.82) is 0 Å². The van der Waals surface area contributed by atoms with Crippen LogP contribution in [-0.2, 0) is 20.9 Å². The van der Waals surface area contributed by atoms with Gasteiger partial charge in [-0.15, -0.1) is 0 Å². The fraction of sp³-hybridized carbons (Fsp3) is 0.241. The van der Waals surface area contributed by atoms with Gasteiger partial charge in [-0.05, 0) is 60.4 Å². The second kappa shape index (κ2) is 11.2. The van der Waals surface area contributed by atoms with E-state index < -0.39 is 23.5 Å². The lowest BCUT2D eigenvalue weighted by Crippen LogP contribution is -2.31. The first kappa shape index (κ1) is 25.1. The van der Waals surface area contributed by atoms with Gasteiger partial charge in [-0.2, -0.15) is 0 Å². The van der Waals surface area contributed by atoms with Gasteiger partial charge in [0.15, 0.2) is 0 Å². The minimum absolute atomic E-state index is 0.0265. The maximum atomic E-state index is 13.6. The van der Waals surface area contributed by atoms with E-state index in [1.54, 1.807) is 25.3 Å². The van der Waals surface area contributed by atoms with Gasteiger partial charge in [0.05, 0.1) is 11.6 Å². The molecular weight excluding hydrogens is 461 g/mol. The highest BCUT2D eigenvalue weighted by molar-refractivity contribution is 6.46. The third kappa shape index (κ3) is 5.31. The summed E-state index contributed by atoms with van der Waals surface area (Å²) < 4.78 is 24.6. The van der Waals surface area contributed by atoms with Gasteiger partial charge in [-0.25, -0.2) is 4.39 Å². The average Bonchev–Trinajstić information content (AvgIpc) is 3.14. The molecule has 1 saturated heterocycles. The van der Waals surface area contributed by atoms with E-state index in [9.17, 15) is 19.1 Å². The fourth-order valence-corrected chi connectivity index (χ4v) is 4.33. The molecule has 6 nitrogen and oxygen atoms in total. The number of benzene rings is 3. The van der Waals surface area contributed by atoms with E-state index in [4.69, 9.17) is 9.47 Å². The van der Waals surface area contributed by atoms with Crippen LogP contribution in [-0.4, -0.2) is 42.0 Å². The Balaban J connectivity index is 1.68. The zero-order valence-electron chi connectivity index (χ0n) is 20.2. The molecule has 0 aromatic heterocycles. The molecule has 1 unspecified atom stereocenters. The number of hydrogen-bond donors (Lipinski definition) is 1.